The number of ether oxygens (including phenoxy) is 1. The van der Waals surface area contributed by atoms with Crippen molar-refractivity contribution in [1.29, 1.82) is 0 Å². The summed E-state index contributed by atoms with van der Waals surface area (Å²) in [5.41, 5.74) is 0. The molecule has 0 saturated carbocycles. The summed E-state index contributed by atoms with van der Waals surface area (Å²) in [6, 6.07) is 0. The molecule has 0 aliphatic heterocycles. The molecule has 0 spiro atoms. The Morgan fingerprint density at radius 3 is 1.69 bits per heavy atom. The topological polar surface area (TPSA) is 46.5 Å². The molecule has 0 aliphatic rings. The Morgan fingerprint density at radius 2 is 1.17 bits per heavy atom. The largest absolute Gasteiger partial charge is 0.460 e. The standard InChI is InChI=1S/C25H52NO3/c1-4-6-8-10-12-13-14-15-17-19-25(28)29-24-22-26(3,21-23-27)20-18-16-11-9-7-5-2/h27H,4-24H2,1-3H3/q+1. The monoisotopic (exact) mass is 414 g/mol. The van der Waals surface area contributed by atoms with Crippen LogP contribution in [0.2, 0.25) is 0 Å². The normalized spacial score (nSPS) is 13.4. The minimum Gasteiger partial charge on any atom is -0.460 e. The molecule has 0 saturated heterocycles. The molecule has 0 aliphatic carbocycles. The van der Waals surface area contributed by atoms with Gasteiger partial charge in [0, 0.05) is 6.42 Å². The molecule has 0 heterocycles. The fourth-order valence-corrected chi connectivity index (χ4v) is 3.88. The smallest absolute Gasteiger partial charge is 0.305 e. The number of aliphatic hydroxyl groups excluding tert-OH is 1. The second-order valence-corrected chi connectivity index (χ2v) is 9.08. The number of rotatable bonds is 22. The number of unbranched alkanes of at least 4 members (excludes halogenated alkanes) is 13. The highest BCUT2D eigenvalue weighted by atomic mass is 16.5. The summed E-state index contributed by atoms with van der Waals surface area (Å²) in [7, 11) is 2.18. The van der Waals surface area contributed by atoms with Crippen LogP contribution >= 0.6 is 0 Å². The second kappa shape index (κ2) is 20.7. The lowest BCUT2D eigenvalue weighted by molar-refractivity contribution is -0.910. The van der Waals surface area contributed by atoms with Gasteiger partial charge in [0.15, 0.2) is 0 Å². The first-order valence-electron chi connectivity index (χ1n) is 12.7. The molecular weight excluding hydrogens is 362 g/mol. The van der Waals surface area contributed by atoms with Crippen LogP contribution in [0.3, 0.4) is 0 Å². The van der Waals surface area contributed by atoms with Crippen molar-refractivity contribution in [2.75, 3.05) is 39.9 Å². The molecule has 174 valence electrons. The van der Waals surface area contributed by atoms with Crippen molar-refractivity contribution in [2.24, 2.45) is 0 Å². The number of quaternary nitrogens is 1. The Kier molecular flexibility index (Phi) is 20.2. The number of esters is 1. The van der Waals surface area contributed by atoms with Crippen molar-refractivity contribution >= 4 is 5.97 Å². The van der Waals surface area contributed by atoms with Gasteiger partial charge < -0.3 is 14.3 Å². The van der Waals surface area contributed by atoms with Crippen LogP contribution in [0, 0.1) is 0 Å². The Labute approximate surface area is 182 Å². The molecule has 0 fully saturated rings. The van der Waals surface area contributed by atoms with Crippen LogP contribution in [0.5, 0.6) is 0 Å². The molecule has 1 N–H and O–H groups in total. The molecule has 29 heavy (non-hydrogen) atoms. The highest BCUT2D eigenvalue weighted by molar-refractivity contribution is 5.69. The van der Waals surface area contributed by atoms with Crippen molar-refractivity contribution in [2.45, 2.75) is 117 Å². The molecule has 4 heteroatoms. The molecule has 0 aromatic heterocycles. The third kappa shape index (κ3) is 19.1. The summed E-state index contributed by atoms with van der Waals surface area (Å²) in [5, 5.41) is 9.41. The highest BCUT2D eigenvalue weighted by Crippen LogP contribution is 2.12. The number of likely N-dealkylation sites (N-methyl/N-ethyl adjacent to an activating group) is 1. The van der Waals surface area contributed by atoms with E-state index in [9.17, 15) is 9.90 Å². The van der Waals surface area contributed by atoms with Crippen molar-refractivity contribution in [1.82, 2.24) is 0 Å². The van der Waals surface area contributed by atoms with Crippen molar-refractivity contribution < 1.29 is 19.1 Å². The van der Waals surface area contributed by atoms with Gasteiger partial charge in [-0.1, -0.05) is 90.9 Å². The zero-order chi connectivity index (χ0) is 21.6. The lowest BCUT2D eigenvalue weighted by atomic mass is 10.1. The predicted octanol–water partition coefficient (Wildman–Crippen LogP) is 6.25. The number of hydrogen-bond donors (Lipinski definition) is 1. The maximum Gasteiger partial charge on any atom is 0.305 e. The Bertz CT molecular complexity index is 362. The van der Waals surface area contributed by atoms with Crippen molar-refractivity contribution in [3.63, 3.8) is 0 Å². The zero-order valence-electron chi connectivity index (χ0n) is 20.1. The minimum atomic E-state index is -0.0527. The van der Waals surface area contributed by atoms with E-state index in [1.54, 1.807) is 0 Å². The molecule has 0 amide bonds. The number of hydrogen-bond acceptors (Lipinski definition) is 3. The van der Waals surface area contributed by atoms with Crippen LogP contribution in [0.25, 0.3) is 0 Å². The van der Waals surface area contributed by atoms with Crippen LogP contribution < -0.4 is 0 Å². The molecular formula is C25H52NO3+. The van der Waals surface area contributed by atoms with Gasteiger partial charge in [0.1, 0.15) is 19.7 Å². The van der Waals surface area contributed by atoms with Gasteiger partial charge in [-0.2, -0.15) is 0 Å². The average molecular weight is 415 g/mol. The quantitative estimate of drug-likeness (QED) is 0.129. The van der Waals surface area contributed by atoms with Gasteiger partial charge in [-0.05, 0) is 19.3 Å². The molecule has 0 aromatic rings. The second-order valence-electron chi connectivity index (χ2n) is 9.08. The van der Waals surface area contributed by atoms with E-state index in [1.165, 1.54) is 83.5 Å². The maximum atomic E-state index is 12.0. The minimum absolute atomic E-state index is 0.0527. The summed E-state index contributed by atoms with van der Waals surface area (Å²) < 4.78 is 6.28. The molecule has 0 bridgehead atoms. The summed E-state index contributed by atoms with van der Waals surface area (Å²) in [6.07, 6.45) is 19.6. The summed E-state index contributed by atoms with van der Waals surface area (Å²) >= 11 is 0. The fourth-order valence-electron chi connectivity index (χ4n) is 3.88. The van der Waals surface area contributed by atoms with E-state index in [-0.39, 0.29) is 12.6 Å². The number of aliphatic hydroxyl groups is 1. The highest BCUT2D eigenvalue weighted by Gasteiger charge is 2.21. The number of nitrogens with zero attached hydrogens (tertiary/aromatic N) is 1. The van der Waals surface area contributed by atoms with Gasteiger partial charge in [-0.3, -0.25) is 4.79 Å². The third-order valence-electron chi connectivity index (χ3n) is 6.07. The van der Waals surface area contributed by atoms with Crippen molar-refractivity contribution in [3.05, 3.63) is 0 Å². The molecule has 0 aromatic carbocycles. The zero-order valence-corrected chi connectivity index (χ0v) is 20.1. The van der Waals surface area contributed by atoms with E-state index in [1.807, 2.05) is 0 Å². The first-order chi connectivity index (χ1) is 14.1. The Balaban J connectivity index is 3.74. The SMILES string of the molecule is CCCCCCCCCCCC(=O)OCC[N+](C)(CCO)CCCCCCCC. The van der Waals surface area contributed by atoms with E-state index in [4.69, 9.17) is 4.74 Å². The molecule has 0 radical (unpaired) electrons. The average Bonchev–Trinajstić information content (AvgIpc) is 2.69. The van der Waals surface area contributed by atoms with Gasteiger partial charge in [0.2, 0.25) is 0 Å². The lowest BCUT2D eigenvalue weighted by Gasteiger charge is -2.34. The van der Waals surface area contributed by atoms with E-state index >= 15 is 0 Å². The maximum absolute atomic E-state index is 12.0. The van der Waals surface area contributed by atoms with Crippen LogP contribution in [0.15, 0.2) is 0 Å². The molecule has 0 rings (SSSR count). The summed E-state index contributed by atoms with van der Waals surface area (Å²) in [6.45, 7) is 7.76. The van der Waals surface area contributed by atoms with Gasteiger partial charge in [0.05, 0.1) is 20.2 Å². The van der Waals surface area contributed by atoms with Crippen LogP contribution in [-0.4, -0.2) is 55.5 Å². The van der Waals surface area contributed by atoms with E-state index in [0.29, 0.717) is 13.0 Å². The van der Waals surface area contributed by atoms with Gasteiger partial charge in [0.25, 0.3) is 0 Å². The summed E-state index contributed by atoms with van der Waals surface area (Å²) in [5.74, 6) is -0.0527. The molecule has 4 nitrogen and oxygen atoms in total. The van der Waals surface area contributed by atoms with Gasteiger partial charge in [-0.15, -0.1) is 0 Å². The first-order valence-corrected chi connectivity index (χ1v) is 12.7. The summed E-state index contributed by atoms with van der Waals surface area (Å²) in [4.78, 5) is 12.0. The van der Waals surface area contributed by atoms with Gasteiger partial charge in [-0.25, -0.2) is 0 Å². The van der Waals surface area contributed by atoms with Gasteiger partial charge >= 0.3 is 5.97 Å². The fraction of sp³-hybridized carbons (Fsp3) is 0.960. The predicted molar refractivity (Wildman–Crippen MR) is 124 cm³/mol. The van der Waals surface area contributed by atoms with Crippen LogP contribution in [-0.2, 0) is 9.53 Å². The van der Waals surface area contributed by atoms with E-state index in [0.717, 1.165) is 37.0 Å². The van der Waals surface area contributed by atoms with E-state index < -0.39 is 0 Å². The number of carbonyl (C=O) groups excluding carboxylic acids is 1. The van der Waals surface area contributed by atoms with Crippen LogP contribution in [0.4, 0.5) is 0 Å². The van der Waals surface area contributed by atoms with E-state index in [2.05, 4.69) is 20.9 Å². The third-order valence-corrected chi connectivity index (χ3v) is 6.07. The molecule has 1 atom stereocenters. The van der Waals surface area contributed by atoms with Crippen molar-refractivity contribution in [3.8, 4) is 0 Å². The Morgan fingerprint density at radius 1 is 0.690 bits per heavy atom. The Hall–Kier alpha value is -0.610. The lowest BCUT2D eigenvalue weighted by Crippen LogP contribution is -2.49. The van der Waals surface area contributed by atoms with Crippen LogP contribution in [0.1, 0.15) is 117 Å². The molecule has 1 unspecified atom stereocenters. The first kappa shape index (κ1) is 28.4. The number of carbonyl (C=O) groups is 1.